The predicted molar refractivity (Wildman–Crippen MR) is 83.2 cm³/mol. The zero-order valence-electron chi connectivity index (χ0n) is 12.1. The molecule has 0 bridgehead atoms. The van der Waals surface area contributed by atoms with E-state index in [2.05, 4.69) is 29.7 Å². The first-order chi connectivity index (χ1) is 9.65. The molecule has 0 amide bonds. The molecule has 4 rings (SSSR count). The van der Waals surface area contributed by atoms with Gasteiger partial charge in [-0.15, -0.1) is 11.6 Å². The van der Waals surface area contributed by atoms with E-state index in [1.165, 1.54) is 36.8 Å². The summed E-state index contributed by atoms with van der Waals surface area (Å²) < 4.78 is 2.50. The normalized spacial score (nSPS) is 20.8. The monoisotopic (exact) mass is 288 g/mol. The van der Waals surface area contributed by atoms with Gasteiger partial charge in [0.1, 0.15) is 5.82 Å². The van der Waals surface area contributed by atoms with Crippen LogP contribution in [-0.4, -0.2) is 9.55 Å². The molecule has 2 saturated carbocycles. The van der Waals surface area contributed by atoms with Gasteiger partial charge in [0.15, 0.2) is 0 Å². The molecule has 3 heteroatoms. The molecule has 2 aliphatic rings. The van der Waals surface area contributed by atoms with Crippen LogP contribution < -0.4 is 0 Å². The number of halogens is 1. The second kappa shape index (κ2) is 4.49. The fraction of sp³-hybridized carbons (Fsp3) is 0.588. The lowest BCUT2D eigenvalue weighted by atomic mass is 10.1. The van der Waals surface area contributed by atoms with Crippen molar-refractivity contribution in [3.8, 4) is 0 Å². The molecule has 1 unspecified atom stereocenters. The van der Waals surface area contributed by atoms with Crippen molar-refractivity contribution >= 4 is 22.6 Å². The highest BCUT2D eigenvalue weighted by Crippen LogP contribution is 2.53. The highest BCUT2D eigenvalue weighted by Gasteiger charge is 2.44. The fourth-order valence-corrected chi connectivity index (χ4v) is 3.65. The minimum Gasteiger partial charge on any atom is -0.323 e. The van der Waals surface area contributed by atoms with E-state index < -0.39 is 0 Å². The lowest BCUT2D eigenvalue weighted by molar-refractivity contribution is 0.392. The van der Waals surface area contributed by atoms with Crippen LogP contribution in [0.15, 0.2) is 18.2 Å². The molecule has 1 heterocycles. The van der Waals surface area contributed by atoms with Gasteiger partial charge >= 0.3 is 0 Å². The van der Waals surface area contributed by atoms with Gasteiger partial charge in [0.2, 0.25) is 0 Å². The van der Waals surface area contributed by atoms with E-state index >= 15 is 0 Å². The van der Waals surface area contributed by atoms with Crippen LogP contribution in [0.1, 0.15) is 55.4 Å². The van der Waals surface area contributed by atoms with Crippen molar-refractivity contribution in [2.45, 2.75) is 50.9 Å². The number of nitrogens with zero attached hydrogens (tertiary/aromatic N) is 2. The lowest BCUT2D eigenvalue weighted by Gasteiger charge is -2.22. The van der Waals surface area contributed by atoms with Crippen LogP contribution in [0.25, 0.3) is 11.0 Å². The molecule has 1 atom stereocenters. The number of aromatic nitrogens is 2. The predicted octanol–water partition coefficient (Wildman–Crippen LogP) is 5.01. The summed E-state index contributed by atoms with van der Waals surface area (Å²) in [5.74, 6) is 2.78. The molecule has 2 aliphatic carbocycles. The van der Waals surface area contributed by atoms with Gasteiger partial charge < -0.3 is 4.57 Å². The topological polar surface area (TPSA) is 17.8 Å². The highest BCUT2D eigenvalue weighted by molar-refractivity contribution is 6.20. The van der Waals surface area contributed by atoms with E-state index in [-0.39, 0.29) is 5.38 Å². The minimum atomic E-state index is -0.0253. The summed E-state index contributed by atoms with van der Waals surface area (Å²) in [4.78, 5) is 4.83. The van der Waals surface area contributed by atoms with Crippen molar-refractivity contribution in [3.63, 3.8) is 0 Å². The number of benzene rings is 1. The Balaban J connectivity index is 1.93. The van der Waals surface area contributed by atoms with Gasteiger partial charge in [0.05, 0.1) is 16.4 Å². The maximum absolute atomic E-state index is 6.43. The van der Waals surface area contributed by atoms with Crippen LogP contribution >= 0.6 is 11.6 Å². The molecule has 0 aliphatic heterocycles. The average molecular weight is 289 g/mol. The number of rotatable bonds is 4. The van der Waals surface area contributed by atoms with E-state index in [0.29, 0.717) is 6.04 Å². The molecular formula is C17H21ClN2. The van der Waals surface area contributed by atoms with Crippen LogP contribution in [0.3, 0.4) is 0 Å². The van der Waals surface area contributed by atoms with E-state index in [1.54, 1.807) is 0 Å². The molecule has 0 saturated heterocycles. The number of hydrogen-bond donors (Lipinski definition) is 0. The zero-order chi connectivity index (χ0) is 13.9. The Labute approximate surface area is 125 Å². The summed E-state index contributed by atoms with van der Waals surface area (Å²) in [6, 6.07) is 7.20. The summed E-state index contributed by atoms with van der Waals surface area (Å²) in [6.07, 6.45) is 5.51. The second-order valence-corrected chi connectivity index (χ2v) is 7.27. The van der Waals surface area contributed by atoms with Crippen LogP contribution in [0.4, 0.5) is 0 Å². The quantitative estimate of drug-likeness (QED) is 0.724. The lowest BCUT2D eigenvalue weighted by Crippen LogP contribution is -2.16. The molecule has 20 heavy (non-hydrogen) atoms. The van der Waals surface area contributed by atoms with Gasteiger partial charge in [-0.1, -0.05) is 6.07 Å². The first-order valence-corrected chi connectivity index (χ1v) is 8.21. The van der Waals surface area contributed by atoms with Gasteiger partial charge in [-0.3, -0.25) is 0 Å². The maximum Gasteiger partial charge on any atom is 0.127 e. The summed E-state index contributed by atoms with van der Waals surface area (Å²) in [5, 5.41) is -0.0253. The Morgan fingerprint density at radius 3 is 2.40 bits per heavy atom. The number of aryl methyl sites for hydroxylation is 1. The van der Waals surface area contributed by atoms with Gasteiger partial charge in [0, 0.05) is 6.04 Å². The SMILES string of the molecule is Cc1ccc2nc(C(C)Cl)n(C(C3CC3)C3CC3)c2c1. The smallest absolute Gasteiger partial charge is 0.127 e. The minimum absolute atomic E-state index is 0.0253. The van der Waals surface area contributed by atoms with E-state index in [4.69, 9.17) is 16.6 Å². The summed E-state index contributed by atoms with van der Waals surface area (Å²) in [7, 11) is 0. The molecule has 0 spiro atoms. The Morgan fingerprint density at radius 2 is 1.85 bits per heavy atom. The molecule has 2 aromatic rings. The van der Waals surface area contributed by atoms with E-state index in [0.717, 1.165) is 23.2 Å². The number of imidazole rings is 1. The molecule has 0 radical (unpaired) electrons. The standard InChI is InChI=1S/C17H21ClN2/c1-10-3-8-14-15(9-10)20(17(19-14)11(2)18)16(12-4-5-12)13-6-7-13/h3,8-9,11-13,16H,4-7H2,1-2H3. The summed E-state index contributed by atoms with van der Waals surface area (Å²) in [5.41, 5.74) is 3.69. The van der Waals surface area contributed by atoms with Crippen LogP contribution in [-0.2, 0) is 0 Å². The van der Waals surface area contributed by atoms with E-state index in [1.807, 2.05) is 6.92 Å². The van der Waals surface area contributed by atoms with Crippen LogP contribution in [0.5, 0.6) is 0 Å². The van der Waals surface area contributed by atoms with Crippen molar-refractivity contribution in [1.29, 1.82) is 0 Å². The van der Waals surface area contributed by atoms with Crippen molar-refractivity contribution in [2.75, 3.05) is 0 Å². The molecule has 2 nitrogen and oxygen atoms in total. The Kier molecular flexibility index (Phi) is 2.85. The Bertz CT molecular complexity index is 638. The number of alkyl halides is 1. The zero-order valence-corrected chi connectivity index (χ0v) is 12.9. The maximum atomic E-state index is 6.43. The third-order valence-electron chi connectivity index (χ3n) is 4.74. The van der Waals surface area contributed by atoms with Crippen molar-refractivity contribution < 1.29 is 0 Å². The van der Waals surface area contributed by atoms with Crippen LogP contribution in [0.2, 0.25) is 0 Å². The molecular weight excluding hydrogens is 268 g/mol. The van der Waals surface area contributed by atoms with Gasteiger partial charge in [-0.2, -0.15) is 0 Å². The van der Waals surface area contributed by atoms with Gasteiger partial charge in [-0.05, 0) is 69.1 Å². The van der Waals surface area contributed by atoms with Crippen molar-refractivity contribution in [3.05, 3.63) is 29.6 Å². The Hall–Kier alpha value is -1.02. The van der Waals surface area contributed by atoms with Crippen LogP contribution in [0, 0.1) is 18.8 Å². The summed E-state index contributed by atoms with van der Waals surface area (Å²) in [6.45, 7) is 4.20. The fourth-order valence-electron chi connectivity index (χ4n) is 3.50. The first kappa shape index (κ1) is 12.7. The molecule has 2 fully saturated rings. The number of fused-ring (bicyclic) bond motifs is 1. The van der Waals surface area contributed by atoms with Gasteiger partial charge in [0.25, 0.3) is 0 Å². The second-order valence-electron chi connectivity index (χ2n) is 6.61. The first-order valence-electron chi connectivity index (χ1n) is 7.77. The van der Waals surface area contributed by atoms with Crippen molar-refractivity contribution in [2.24, 2.45) is 11.8 Å². The summed E-state index contributed by atoms with van der Waals surface area (Å²) >= 11 is 6.43. The highest BCUT2D eigenvalue weighted by atomic mass is 35.5. The largest absolute Gasteiger partial charge is 0.323 e. The molecule has 0 N–H and O–H groups in total. The van der Waals surface area contributed by atoms with E-state index in [9.17, 15) is 0 Å². The molecule has 106 valence electrons. The average Bonchev–Trinajstić information content (AvgIpc) is 3.29. The van der Waals surface area contributed by atoms with Gasteiger partial charge in [-0.25, -0.2) is 4.98 Å². The number of hydrogen-bond acceptors (Lipinski definition) is 1. The third kappa shape index (κ3) is 2.05. The molecule has 1 aromatic carbocycles. The van der Waals surface area contributed by atoms with Crippen molar-refractivity contribution in [1.82, 2.24) is 9.55 Å². The Morgan fingerprint density at radius 1 is 1.20 bits per heavy atom. The third-order valence-corrected chi connectivity index (χ3v) is 4.93. The molecule has 1 aromatic heterocycles.